The van der Waals surface area contributed by atoms with Crippen LogP contribution in [0.2, 0.25) is 0 Å². The van der Waals surface area contributed by atoms with Gasteiger partial charge in [-0.05, 0) is 25.3 Å². The van der Waals surface area contributed by atoms with Crippen LogP contribution in [0.15, 0.2) is 29.1 Å². The first kappa shape index (κ1) is 22.0. The molecule has 1 fully saturated rings. The van der Waals surface area contributed by atoms with E-state index in [9.17, 15) is 14.4 Å². The smallest absolute Gasteiger partial charge is 0.274 e. The van der Waals surface area contributed by atoms with E-state index in [4.69, 9.17) is 0 Å². The lowest BCUT2D eigenvalue weighted by Crippen LogP contribution is -2.38. The van der Waals surface area contributed by atoms with E-state index in [0.29, 0.717) is 30.4 Å². The highest BCUT2D eigenvalue weighted by molar-refractivity contribution is 6.04. The number of fused-ring (bicyclic) bond motifs is 1. The van der Waals surface area contributed by atoms with E-state index in [1.807, 2.05) is 0 Å². The van der Waals surface area contributed by atoms with E-state index >= 15 is 0 Å². The summed E-state index contributed by atoms with van der Waals surface area (Å²) in [5.74, 6) is -0.147. The molecule has 0 unspecified atom stereocenters. The van der Waals surface area contributed by atoms with Crippen LogP contribution in [0.25, 0.3) is 10.8 Å². The molecule has 3 rings (SSSR count). The molecule has 1 aromatic heterocycles. The van der Waals surface area contributed by atoms with Crippen molar-refractivity contribution >= 4 is 22.6 Å². The molecule has 2 amide bonds. The molecule has 0 spiro atoms. The Balaban J connectivity index is 1.64. The lowest BCUT2D eigenvalue weighted by atomic mass is 9.89. The molecule has 0 atom stereocenters. The molecule has 0 saturated heterocycles. The Kier molecular flexibility index (Phi) is 7.99. The zero-order chi connectivity index (χ0) is 21.3. The van der Waals surface area contributed by atoms with E-state index < -0.39 is 0 Å². The van der Waals surface area contributed by atoms with Gasteiger partial charge < -0.3 is 10.6 Å². The normalized spacial score (nSPS) is 14.6. The number of unbranched alkanes of at least 4 members (excludes halogenated alkanes) is 2. The van der Waals surface area contributed by atoms with Crippen molar-refractivity contribution in [1.29, 1.82) is 0 Å². The number of rotatable bonds is 9. The van der Waals surface area contributed by atoms with Crippen LogP contribution in [-0.4, -0.2) is 34.7 Å². The molecular weight excluding hydrogens is 380 g/mol. The maximum Gasteiger partial charge on any atom is 0.274 e. The van der Waals surface area contributed by atoms with Crippen LogP contribution in [0.5, 0.6) is 0 Å². The van der Waals surface area contributed by atoms with Crippen LogP contribution in [0, 0.1) is 5.92 Å². The van der Waals surface area contributed by atoms with Gasteiger partial charge in [-0.1, -0.05) is 57.2 Å². The summed E-state index contributed by atoms with van der Waals surface area (Å²) in [4.78, 5) is 37.7. The lowest BCUT2D eigenvalue weighted by Gasteiger charge is -2.20. The number of aryl methyl sites for hydroxylation is 1. The van der Waals surface area contributed by atoms with Crippen LogP contribution >= 0.6 is 0 Å². The van der Waals surface area contributed by atoms with Gasteiger partial charge in [0.25, 0.3) is 11.5 Å². The molecule has 0 bridgehead atoms. The van der Waals surface area contributed by atoms with Crippen molar-refractivity contribution in [3.63, 3.8) is 0 Å². The summed E-state index contributed by atoms with van der Waals surface area (Å²) in [6.45, 7) is 3.30. The highest BCUT2D eigenvalue weighted by atomic mass is 16.2. The standard InChI is InChI=1S/C23H32N4O3/c1-2-3-9-16-27-23(30)19-13-8-7-12-18(19)20(26-27)22(29)25-15-14-24-21(28)17-10-5-4-6-11-17/h7-8,12-13,17H,2-6,9-11,14-16H2,1H3,(H,24,28)(H,25,29). The van der Waals surface area contributed by atoms with Crippen molar-refractivity contribution in [2.45, 2.75) is 64.8 Å². The van der Waals surface area contributed by atoms with Gasteiger partial charge in [0.2, 0.25) is 5.91 Å². The van der Waals surface area contributed by atoms with E-state index in [1.165, 1.54) is 11.1 Å². The largest absolute Gasteiger partial charge is 0.354 e. The summed E-state index contributed by atoms with van der Waals surface area (Å²) >= 11 is 0. The van der Waals surface area contributed by atoms with Crippen molar-refractivity contribution in [2.75, 3.05) is 13.1 Å². The number of benzene rings is 1. The SMILES string of the molecule is CCCCCn1nc(C(=O)NCCNC(=O)C2CCCCC2)c2ccccc2c1=O. The lowest BCUT2D eigenvalue weighted by molar-refractivity contribution is -0.125. The molecule has 2 aromatic rings. The molecule has 2 N–H and O–H groups in total. The van der Waals surface area contributed by atoms with Gasteiger partial charge in [0.1, 0.15) is 0 Å². The Morgan fingerprint density at radius 3 is 2.47 bits per heavy atom. The Morgan fingerprint density at radius 1 is 1.03 bits per heavy atom. The number of hydrogen-bond acceptors (Lipinski definition) is 4. The predicted molar refractivity (Wildman–Crippen MR) is 117 cm³/mol. The van der Waals surface area contributed by atoms with Crippen LogP contribution in [0.1, 0.15) is 68.8 Å². The number of carbonyl (C=O) groups is 2. The summed E-state index contributed by atoms with van der Waals surface area (Å²) in [7, 11) is 0. The summed E-state index contributed by atoms with van der Waals surface area (Å²) in [6, 6.07) is 7.07. The monoisotopic (exact) mass is 412 g/mol. The molecule has 1 heterocycles. The maximum atomic E-state index is 12.8. The third kappa shape index (κ3) is 5.46. The fraction of sp³-hybridized carbons (Fsp3) is 0.565. The van der Waals surface area contributed by atoms with Crippen molar-refractivity contribution in [2.24, 2.45) is 5.92 Å². The van der Waals surface area contributed by atoms with Crippen LogP contribution in [0.4, 0.5) is 0 Å². The van der Waals surface area contributed by atoms with Crippen molar-refractivity contribution in [3.05, 3.63) is 40.3 Å². The fourth-order valence-corrected chi connectivity index (χ4v) is 4.02. The molecule has 1 saturated carbocycles. The quantitative estimate of drug-likeness (QED) is 0.619. The zero-order valence-corrected chi connectivity index (χ0v) is 17.8. The van der Waals surface area contributed by atoms with Gasteiger partial charge in [0, 0.05) is 30.9 Å². The number of amides is 2. The van der Waals surface area contributed by atoms with E-state index in [-0.39, 0.29) is 29.0 Å². The Morgan fingerprint density at radius 2 is 1.73 bits per heavy atom. The average molecular weight is 413 g/mol. The van der Waals surface area contributed by atoms with Gasteiger partial charge in [-0.3, -0.25) is 14.4 Å². The van der Waals surface area contributed by atoms with Crippen molar-refractivity contribution in [3.8, 4) is 0 Å². The molecule has 0 radical (unpaired) electrons. The molecule has 30 heavy (non-hydrogen) atoms. The van der Waals surface area contributed by atoms with Gasteiger partial charge in [-0.15, -0.1) is 0 Å². The number of carbonyl (C=O) groups excluding carboxylic acids is 2. The minimum Gasteiger partial charge on any atom is -0.354 e. The molecule has 7 heteroatoms. The first-order valence-corrected chi connectivity index (χ1v) is 11.2. The average Bonchev–Trinajstić information content (AvgIpc) is 2.78. The summed E-state index contributed by atoms with van der Waals surface area (Å²) in [6.07, 6.45) is 8.23. The molecule has 162 valence electrons. The van der Waals surface area contributed by atoms with Gasteiger partial charge in [0.05, 0.1) is 5.39 Å². The summed E-state index contributed by atoms with van der Waals surface area (Å²) < 4.78 is 1.40. The molecular formula is C23H32N4O3. The van der Waals surface area contributed by atoms with Crippen molar-refractivity contribution in [1.82, 2.24) is 20.4 Å². The topological polar surface area (TPSA) is 93.1 Å². The third-order valence-electron chi connectivity index (χ3n) is 5.74. The second-order valence-corrected chi connectivity index (χ2v) is 8.01. The summed E-state index contributed by atoms with van der Waals surface area (Å²) in [5.41, 5.74) is 0.0818. The first-order chi connectivity index (χ1) is 14.6. The van der Waals surface area contributed by atoms with Gasteiger partial charge in [0.15, 0.2) is 5.69 Å². The number of hydrogen-bond donors (Lipinski definition) is 2. The number of nitrogens with one attached hydrogen (secondary N) is 2. The second kappa shape index (κ2) is 10.9. The predicted octanol–water partition coefficient (Wildman–Crippen LogP) is 3.01. The highest BCUT2D eigenvalue weighted by Crippen LogP contribution is 2.23. The molecule has 1 aliphatic rings. The minimum atomic E-state index is -0.331. The molecule has 7 nitrogen and oxygen atoms in total. The van der Waals surface area contributed by atoms with Gasteiger partial charge in [-0.2, -0.15) is 5.10 Å². The van der Waals surface area contributed by atoms with E-state index in [0.717, 1.165) is 44.9 Å². The van der Waals surface area contributed by atoms with E-state index in [1.54, 1.807) is 24.3 Å². The molecule has 0 aliphatic heterocycles. The van der Waals surface area contributed by atoms with Crippen LogP contribution in [-0.2, 0) is 11.3 Å². The van der Waals surface area contributed by atoms with E-state index in [2.05, 4.69) is 22.7 Å². The fourth-order valence-electron chi connectivity index (χ4n) is 4.02. The first-order valence-electron chi connectivity index (χ1n) is 11.2. The zero-order valence-electron chi connectivity index (χ0n) is 17.8. The van der Waals surface area contributed by atoms with Gasteiger partial charge >= 0.3 is 0 Å². The van der Waals surface area contributed by atoms with Gasteiger partial charge in [-0.25, -0.2) is 4.68 Å². The third-order valence-corrected chi connectivity index (χ3v) is 5.74. The van der Waals surface area contributed by atoms with Crippen LogP contribution < -0.4 is 16.2 Å². The Bertz CT molecular complexity index is 932. The van der Waals surface area contributed by atoms with Crippen molar-refractivity contribution < 1.29 is 9.59 Å². The number of aromatic nitrogens is 2. The number of nitrogens with zero attached hydrogens (tertiary/aromatic N) is 2. The Hall–Kier alpha value is -2.70. The maximum absolute atomic E-state index is 12.8. The minimum absolute atomic E-state index is 0.0806. The highest BCUT2D eigenvalue weighted by Gasteiger charge is 2.21. The Labute approximate surface area is 177 Å². The molecule has 1 aliphatic carbocycles. The summed E-state index contributed by atoms with van der Waals surface area (Å²) in [5, 5.41) is 11.2. The van der Waals surface area contributed by atoms with Crippen LogP contribution in [0.3, 0.4) is 0 Å². The second-order valence-electron chi connectivity index (χ2n) is 8.01. The molecule has 1 aromatic carbocycles.